The Morgan fingerprint density at radius 1 is 1.42 bits per heavy atom. The van der Waals surface area contributed by atoms with Crippen molar-refractivity contribution in [1.29, 1.82) is 0 Å². The second kappa shape index (κ2) is 8.12. The molecule has 6 nitrogen and oxygen atoms in total. The highest BCUT2D eigenvalue weighted by Crippen LogP contribution is 2.14. The molecule has 0 spiro atoms. The summed E-state index contributed by atoms with van der Waals surface area (Å²) in [4.78, 5) is 25.0. The van der Waals surface area contributed by atoms with Gasteiger partial charge < -0.3 is 19.1 Å². The normalized spacial score (nSPS) is 20.1. The first-order valence-corrected chi connectivity index (χ1v) is 6.58. The SMILES string of the molecule is COC(=O)CCN(CC1CCCO1)C(=O)C(C)OC. The van der Waals surface area contributed by atoms with Gasteiger partial charge in [-0.3, -0.25) is 9.59 Å². The molecule has 1 aliphatic heterocycles. The maximum Gasteiger partial charge on any atom is 0.307 e. The van der Waals surface area contributed by atoms with E-state index >= 15 is 0 Å². The number of ether oxygens (including phenoxy) is 3. The molecule has 1 fully saturated rings. The zero-order valence-electron chi connectivity index (χ0n) is 11.9. The predicted octanol–water partition coefficient (Wildman–Crippen LogP) is 0.592. The van der Waals surface area contributed by atoms with Crippen molar-refractivity contribution in [2.24, 2.45) is 0 Å². The summed E-state index contributed by atoms with van der Waals surface area (Å²) in [5.41, 5.74) is 0. The van der Waals surface area contributed by atoms with Crippen LogP contribution in [0, 0.1) is 0 Å². The third-order valence-electron chi connectivity index (χ3n) is 3.27. The minimum absolute atomic E-state index is 0.0608. The molecule has 1 saturated heterocycles. The van der Waals surface area contributed by atoms with Gasteiger partial charge in [0.05, 0.1) is 19.6 Å². The average Bonchev–Trinajstić information content (AvgIpc) is 2.94. The Balaban J connectivity index is 2.55. The highest BCUT2D eigenvalue weighted by atomic mass is 16.5. The van der Waals surface area contributed by atoms with E-state index in [2.05, 4.69) is 4.74 Å². The Morgan fingerprint density at radius 2 is 2.16 bits per heavy atom. The minimum Gasteiger partial charge on any atom is -0.469 e. The number of esters is 1. The second-order valence-electron chi connectivity index (χ2n) is 4.62. The Morgan fingerprint density at radius 3 is 2.68 bits per heavy atom. The molecule has 0 radical (unpaired) electrons. The van der Waals surface area contributed by atoms with Crippen LogP contribution in [0.5, 0.6) is 0 Å². The summed E-state index contributed by atoms with van der Waals surface area (Å²) < 4.78 is 15.2. The van der Waals surface area contributed by atoms with Crippen molar-refractivity contribution in [2.75, 3.05) is 33.9 Å². The fourth-order valence-electron chi connectivity index (χ4n) is 2.01. The minimum atomic E-state index is -0.515. The van der Waals surface area contributed by atoms with Crippen LogP contribution in [0.2, 0.25) is 0 Å². The summed E-state index contributed by atoms with van der Waals surface area (Å²) in [7, 11) is 2.83. The second-order valence-corrected chi connectivity index (χ2v) is 4.62. The van der Waals surface area contributed by atoms with Crippen LogP contribution in [0.1, 0.15) is 26.2 Å². The third kappa shape index (κ3) is 5.16. The molecule has 1 aliphatic rings. The molecule has 110 valence electrons. The number of hydrogen-bond donors (Lipinski definition) is 0. The molecule has 19 heavy (non-hydrogen) atoms. The lowest BCUT2D eigenvalue weighted by Crippen LogP contribution is -2.43. The first-order chi connectivity index (χ1) is 9.08. The summed E-state index contributed by atoms with van der Waals surface area (Å²) in [6, 6.07) is 0. The standard InChI is InChI=1S/C13H23NO5/c1-10(17-2)13(16)14(7-6-12(15)18-3)9-11-5-4-8-19-11/h10-11H,4-9H2,1-3H3. The Bertz CT molecular complexity index is 301. The van der Waals surface area contributed by atoms with Crippen LogP contribution in [-0.4, -0.2) is 62.9 Å². The van der Waals surface area contributed by atoms with Gasteiger partial charge in [0.25, 0.3) is 5.91 Å². The fraction of sp³-hybridized carbons (Fsp3) is 0.846. The summed E-state index contributed by atoms with van der Waals surface area (Å²) in [6.07, 6.45) is 1.70. The number of hydrogen-bond acceptors (Lipinski definition) is 5. The maximum absolute atomic E-state index is 12.2. The van der Waals surface area contributed by atoms with E-state index in [9.17, 15) is 9.59 Å². The zero-order valence-corrected chi connectivity index (χ0v) is 11.9. The van der Waals surface area contributed by atoms with Crippen LogP contribution >= 0.6 is 0 Å². The lowest BCUT2D eigenvalue weighted by atomic mass is 10.2. The van der Waals surface area contributed by atoms with E-state index in [0.29, 0.717) is 13.1 Å². The van der Waals surface area contributed by atoms with Crippen LogP contribution < -0.4 is 0 Å². The topological polar surface area (TPSA) is 65.1 Å². The van der Waals surface area contributed by atoms with E-state index in [1.54, 1.807) is 11.8 Å². The van der Waals surface area contributed by atoms with Crippen LogP contribution in [0.25, 0.3) is 0 Å². The molecule has 0 aromatic heterocycles. The molecule has 0 N–H and O–H groups in total. The van der Waals surface area contributed by atoms with Crippen molar-refractivity contribution in [3.8, 4) is 0 Å². The smallest absolute Gasteiger partial charge is 0.307 e. The number of carbonyl (C=O) groups is 2. The van der Waals surface area contributed by atoms with Gasteiger partial charge in [0.2, 0.25) is 0 Å². The van der Waals surface area contributed by atoms with Gasteiger partial charge in [0.15, 0.2) is 0 Å². The van der Waals surface area contributed by atoms with E-state index in [-0.39, 0.29) is 24.4 Å². The van der Waals surface area contributed by atoms with Gasteiger partial charge in [0.1, 0.15) is 6.10 Å². The Kier molecular flexibility index (Phi) is 6.80. The molecule has 6 heteroatoms. The molecule has 1 amide bonds. The first kappa shape index (κ1) is 15.9. The third-order valence-corrected chi connectivity index (χ3v) is 3.27. The number of carbonyl (C=O) groups excluding carboxylic acids is 2. The van der Waals surface area contributed by atoms with Gasteiger partial charge in [-0.2, -0.15) is 0 Å². The van der Waals surface area contributed by atoms with Crippen molar-refractivity contribution >= 4 is 11.9 Å². The monoisotopic (exact) mass is 273 g/mol. The highest BCUT2D eigenvalue weighted by molar-refractivity contribution is 5.81. The molecule has 0 aromatic carbocycles. The molecule has 0 aromatic rings. The van der Waals surface area contributed by atoms with E-state index in [1.165, 1.54) is 14.2 Å². The summed E-state index contributed by atoms with van der Waals surface area (Å²) >= 11 is 0. The Labute approximate surface area is 114 Å². The summed E-state index contributed by atoms with van der Waals surface area (Å²) in [5, 5.41) is 0. The number of methoxy groups -OCH3 is 2. The van der Waals surface area contributed by atoms with E-state index in [4.69, 9.17) is 9.47 Å². The molecule has 1 rings (SSSR count). The molecule has 0 saturated carbocycles. The fourth-order valence-corrected chi connectivity index (χ4v) is 2.01. The molecular formula is C13H23NO5. The van der Waals surface area contributed by atoms with E-state index in [1.807, 2.05) is 0 Å². The van der Waals surface area contributed by atoms with Crippen molar-refractivity contribution in [3.63, 3.8) is 0 Å². The number of amides is 1. The molecule has 1 heterocycles. The largest absolute Gasteiger partial charge is 0.469 e. The van der Waals surface area contributed by atoms with Gasteiger partial charge in [-0.1, -0.05) is 0 Å². The number of rotatable bonds is 7. The summed E-state index contributed by atoms with van der Waals surface area (Å²) in [5.74, 6) is -0.447. The van der Waals surface area contributed by atoms with Crippen LogP contribution in [0.15, 0.2) is 0 Å². The zero-order chi connectivity index (χ0) is 14.3. The van der Waals surface area contributed by atoms with Crippen molar-refractivity contribution < 1.29 is 23.8 Å². The lowest BCUT2D eigenvalue weighted by Gasteiger charge is -2.27. The molecule has 0 bridgehead atoms. The Hall–Kier alpha value is -1.14. The number of nitrogens with zero attached hydrogens (tertiary/aromatic N) is 1. The molecule has 2 atom stereocenters. The maximum atomic E-state index is 12.2. The molecule has 0 aliphatic carbocycles. The average molecular weight is 273 g/mol. The lowest BCUT2D eigenvalue weighted by molar-refractivity contribution is -0.145. The van der Waals surface area contributed by atoms with Gasteiger partial charge in [-0.15, -0.1) is 0 Å². The van der Waals surface area contributed by atoms with Gasteiger partial charge >= 0.3 is 5.97 Å². The van der Waals surface area contributed by atoms with E-state index in [0.717, 1.165) is 19.4 Å². The quantitative estimate of drug-likeness (QED) is 0.635. The van der Waals surface area contributed by atoms with Crippen molar-refractivity contribution in [2.45, 2.75) is 38.4 Å². The first-order valence-electron chi connectivity index (χ1n) is 6.58. The van der Waals surface area contributed by atoms with Crippen LogP contribution in [0.3, 0.4) is 0 Å². The predicted molar refractivity (Wildman–Crippen MR) is 68.7 cm³/mol. The van der Waals surface area contributed by atoms with Crippen LogP contribution in [0.4, 0.5) is 0 Å². The van der Waals surface area contributed by atoms with Gasteiger partial charge in [-0.25, -0.2) is 0 Å². The molecular weight excluding hydrogens is 250 g/mol. The van der Waals surface area contributed by atoms with Gasteiger partial charge in [0, 0.05) is 26.8 Å². The molecule has 2 unspecified atom stereocenters. The van der Waals surface area contributed by atoms with Crippen molar-refractivity contribution in [1.82, 2.24) is 4.90 Å². The van der Waals surface area contributed by atoms with E-state index < -0.39 is 6.10 Å². The summed E-state index contributed by atoms with van der Waals surface area (Å²) in [6.45, 7) is 3.27. The van der Waals surface area contributed by atoms with Crippen LogP contribution in [-0.2, 0) is 23.8 Å². The van der Waals surface area contributed by atoms with Crippen molar-refractivity contribution in [3.05, 3.63) is 0 Å². The highest BCUT2D eigenvalue weighted by Gasteiger charge is 2.26. The van der Waals surface area contributed by atoms with Gasteiger partial charge in [-0.05, 0) is 19.8 Å².